The summed E-state index contributed by atoms with van der Waals surface area (Å²) in [6, 6.07) is 2.59. The molecule has 1 aliphatic heterocycles. The highest BCUT2D eigenvalue weighted by Crippen LogP contribution is 2.46. The third-order valence-corrected chi connectivity index (χ3v) is 6.05. The number of hydrogen-bond donors (Lipinski definition) is 0. The van der Waals surface area contributed by atoms with Crippen LogP contribution in [-0.2, 0) is 23.3 Å². The largest absolute Gasteiger partial charge is 0.460 e. The molecule has 1 saturated heterocycles. The van der Waals surface area contributed by atoms with E-state index in [0.717, 1.165) is 0 Å². The Morgan fingerprint density at radius 3 is 2.48 bits per heavy atom. The molecule has 1 heterocycles. The van der Waals surface area contributed by atoms with Crippen LogP contribution in [0.5, 0.6) is 0 Å². The number of esters is 1. The van der Waals surface area contributed by atoms with Crippen molar-refractivity contribution in [1.82, 2.24) is 4.67 Å². The van der Waals surface area contributed by atoms with Crippen LogP contribution in [0.25, 0.3) is 0 Å². The molecule has 0 spiro atoms. The average molecular weight is 374 g/mol. The molecule has 0 aromatic carbocycles. The number of ether oxygens (including phenoxy) is 2. The first-order valence-electron chi connectivity index (χ1n) is 8.77. The maximum atomic E-state index is 11.1. The SMILES string of the molecule is CC(=O)OC1COC(COP(OCCC#N)N(C(C)C)C(C)C)C1C. The molecule has 0 aliphatic carbocycles. The summed E-state index contributed by atoms with van der Waals surface area (Å²) in [7, 11) is -1.29. The number of nitriles is 1. The van der Waals surface area contributed by atoms with Crippen LogP contribution in [0.4, 0.5) is 0 Å². The number of nitrogens with zero attached hydrogens (tertiary/aromatic N) is 2. The molecular weight excluding hydrogens is 343 g/mol. The van der Waals surface area contributed by atoms with Crippen molar-refractivity contribution in [3.05, 3.63) is 0 Å². The van der Waals surface area contributed by atoms with Gasteiger partial charge in [-0.2, -0.15) is 5.26 Å². The topological polar surface area (TPSA) is 81.0 Å². The van der Waals surface area contributed by atoms with Gasteiger partial charge in [-0.05, 0) is 27.7 Å². The molecule has 25 heavy (non-hydrogen) atoms. The second kappa shape index (κ2) is 11.1. The Hall–Kier alpha value is -0.770. The van der Waals surface area contributed by atoms with Crippen LogP contribution in [0.15, 0.2) is 0 Å². The third kappa shape index (κ3) is 7.16. The van der Waals surface area contributed by atoms with E-state index in [2.05, 4.69) is 38.4 Å². The maximum Gasteiger partial charge on any atom is 0.302 e. The summed E-state index contributed by atoms with van der Waals surface area (Å²) >= 11 is 0. The maximum absolute atomic E-state index is 11.1. The molecule has 7 nitrogen and oxygen atoms in total. The fourth-order valence-electron chi connectivity index (χ4n) is 2.77. The summed E-state index contributed by atoms with van der Waals surface area (Å²) < 4.78 is 25.1. The summed E-state index contributed by atoms with van der Waals surface area (Å²) in [5, 5.41) is 8.74. The number of carbonyl (C=O) groups is 1. The minimum Gasteiger partial charge on any atom is -0.460 e. The number of carbonyl (C=O) groups excluding carboxylic acids is 1. The van der Waals surface area contributed by atoms with Crippen molar-refractivity contribution in [1.29, 1.82) is 5.26 Å². The summed E-state index contributed by atoms with van der Waals surface area (Å²) in [6.45, 7) is 12.9. The monoisotopic (exact) mass is 374 g/mol. The average Bonchev–Trinajstić information content (AvgIpc) is 2.84. The predicted octanol–water partition coefficient (Wildman–Crippen LogP) is 3.25. The van der Waals surface area contributed by atoms with E-state index in [-0.39, 0.29) is 36.2 Å². The van der Waals surface area contributed by atoms with Crippen LogP contribution < -0.4 is 0 Å². The molecule has 1 rings (SSSR count). The quantitative estimate of drug-likeness (QED) is 0.330. The summed E-state index contributed by atoms with van der Waals surface area (Å²) in [6.07, 6.45) is -0.0462. The van der Waals surface area contributed by atoms with Gasteiger partial charge in [-0.3, -0.25) is 4.79 Å². The minimum atomic E-state index is -1.29. The third-order valence-electron chi connectivity index (χ3n) is 3.98. The van der Waals surface area contributed by atoms with Crippen molar-refractivity contribution in [2.75, 3.05) is 19.8 Å². The lowest BCUT2D eigenvalue weighted by molar-refractivity contribution is -0.147. The van der Waals surface area contributed by atoms with Crippen LogP contribution in [-0.4, -0.2) is 54.8 Å². The fraction of sp³-hybridized carbons (Fsp3) is 0.882. The Balaban J connectivity index is 2.65. The van der Waals surface area contributed by atoms with Crippen LogP contribution in [0.1, 0.15) is 48.0 Å². The van der Waals surface area contributed by atoms with Crippen molar-refractivity contribution in [3.63, 3.8) is 0 Å². The second-order valence-corrected chi connectivity index (χ2v) is 8.18. The molecule has 1 fully saturated rings. The predicted molar refractivity (Wildman–Crippen MR) is 95.6 cm³/mol. The first kappa shape index (κ1) is 22.3. The van der Waals surface area contributed by atoms with Gasteiger partial charge in [0.15, 0.2) is 0 Å². The molecule has 0 radical (unpaired) electrons. The standard InChI is InChI=1S/C17H31N2O5P/c1-12(2)19(13(3)4)25(22-9-7-8-18)23-11-16-14(5)17(10-21-16)24-15(6)20/h12-14,16-17H,7,9-11H2,1-6H3. The van der Waals surface area contributed by atoms with Crippen LogP contribution in [0.3, 0.4) is 0 Å². The van der Waals surface area contributed by atoms with Gasteiger partial charge < -0.3 is 18.5 Å². The zero-order chi connectivity index (χ0) is 19.0. The summed E-state index contributed by atoms with van der Waals surface area (Å²) in [5.74, 6) is -0.235. The van der Waals surface area contributed by atoms with Gasteiger partial charge in [-0.25, -0.2) is 4.67 Å². The van der Waals surface area contributed by atoms with E-state index < -0.39 is 8.53 Å². The molecule has 0 aromatic rings. The van der Waals surface area contributed by atoms with E-state index in [9.17, 15) is 4.79 Å². The Morgan fingerprint density at radius 1 is 1.32 bits per heavy atom. The molecule has 4 atom stereocenters. The molecule has 1 aliphatic rings. The van der Waals surface area contributed by atoms with E-state index in [1.807, 2.05) is 6.92 Å². The highest BCUT2D eigenvalue weighted by atomic mass is 31.2. The summed E-state index contributed by atoms with van der Waals surface area (Å²) in [5.41, 5.74) is 0. The zero-order valence-corrected chi connectivity index (χ0v) is 17.0. The van der Waals surface area contributed by atoms with Gasteiger partial charge in [0, 0.05) is 24.9 Å². The Bertz CT molecular complexity index is 447. The van der Waals surface area contributed by atoms with Gasteiger partial charge in [0.05, 0.1) is 38.4 Å². The molecule has 4 unspecified atom stereocenters. The van der Waals surface area contributed by atoms with Gasteiger partial charge in [0.1, 0.15) is 6.10 Å². The molecule has 144 valence electrons. The number of hydrogen-bond acceptors (Lipinski definition) is 7. The normalized spacial score (nSPS) is 24.7. The van der Waals surface area contributed by atoms with Gasteiger partial charge in [0.2, 0.25) is 0 Å². The molecular formula is C17H31N2O5P. The lowest BCUT2D eigenvalue weighted by atomic mass is 10.0. The Kier molecular flexibility index (Phi) is 9.84. The smallest absolute Gasteiger partial charge is 0.302 e. The Morgan fingerprint density at radius 2 is 1.96 bits per heavy atom. The van der Waals surface area contributed by atoms with Gasteiger partial charge in [-0.15, -0.1) is 0 Å². The van der Waals surface area contributed by atoms with Crippen molar-refractivity contribution >= 4 is 14.5 Å². The summed E-state index contributed by atoms with van der Waals surface area (Å²) in [4.78, 5) is 11.1. The molecule has 0 bridgehead atoms. The molecule has 0 N–H and O–H groups in total. The van der Waals surface area contributed by atoms with Crippen molar-refractivity contribution < 1.29 is 23.3 Å². The highest BCUT2D eigenvalue weighted by Gasteiger charge is 2.37. The molecule has 0 saturated carbocycles. The van der Waals surface area contributed by atoms with Crippen molar-refractivity contribution in [3.8, 4) is 6.07 Å². The zero-order valence-electron chi connectivity index (χ0n) is 16.1. The molecule has 8 heteroatoms. The first-order chi connectivity index (χ1) is 11.8. The van der Waals surface area contributed by atoms with Gasteiger partial charge in [-0.1, -0.05) is 6.92 Å². The highest BCUT2D eigenvalue weighted by molar-refractivity contribution is 7.44. The van der Waals surface area contributed by atoms with Crippen molar-refractivity contribution in [2.24, 2.45) is 5.92 Å². The van der Waals surface area contributed by atoms with Crippen LogP contribution in [0.2, 0.25) is 0 Å². The lowest BCUT2D eigenvalue weighted by Gasteiger charge is -2.36. The molecule has 0 amide bonds. The van der Waals surface area contributed by atoms with Crippen LogP contribution >= 0.6 is 8.53 Å². The molecule has 0 aromatic heterocycles. The second-order valence-electron chi connectivity index (χ2n) is 6.72. The van der Waals surface area contributed by atoms with E-state index in [1.165, 1.54) is 6.92 Å². The van der Waals surface area contributed by atoms with Crippen molar-refractivity contribution in [2.45, 2.75) is 72.3 Å². The lowest BCUT2D eigenvalue weighted by Crippen LogP contribution is -2.35. The van der Waals surface area contributed by atoms with Gasteiger partial charge >= 0.3 is 5.97 Å². The van der Waals surface area contributed by atoms with E-state index in [4.69, 9.17) is 23.8 Å². The van der Waals surface area contributed by atoms with E-state index >= 15 is 0 Å². The minimum absolute atomic E-state index is 0.0615. The van der Waals surface area contributed by atoms with E-state index in [1.54, 1.807) is 0 Å². The number of rotatable bonds is 10. The first-order valence-corrected chi connectivity index (χ1v) is 9.90. The Labute approximate surface area is 152 Å². The van der Waals surface area contributed by atoms with E-state index in [0.29, 0.717) is 26.2 Å². The van der Waals surface area contributed by atoms with Gasteiger partial charge in [0.25, 0.3) is 8.53 Å². The fourth-order valence-corrected chi connectivity index (χ4v) is 4.38. The van der Waals surface area contributed by atoms with Crippen LogP contribution in [0, 0.1) is 17.2 Å².